The maximum atomic E-state index is 12.8. The molecule has 4 rings (SSSR count). The Hall–Kier alpha value is -4.40. The Balaban J connectivity index is 1.51. The molecule has 224 valence electrons. The summed E-state index contributed by atoms with van der Waals surface area (Å²) in [5, 5.41) is 8.94. The summed E-state index contributed by atoms with van der Waals surface area (Å²) in [4.78, 5) is 38.1. The number of nitrogens with two attached hydrogens (primary N) is 1. The molecule has 0 spiro atoms. The number of carbonyl (C=O) groups excluding carboxylic acids is 1. The summed E-state index contributed by atoms with van der Waals surface area (Å²) in [6.45, 7) is 4.75. The summed E-state index contributed by atoms with van der Waals surface area (Å²) < 4.78 is 0. The van der Waals surface area contributed by atoms with Crippen LogP contribution >= 0.6 is 8.58 Å². The highest BCUT2D eigenvalue weighted by Gasteiger charge is 2.25. The van der Waals surface area contributed by atoms with Gasteiger partial charge in [-0.3, -0.25) is 19.7 Å². The number of allylic oxidation sites excluding steroid dienone is 1. The Labute approximate surface area is 255 Å². The Morgan fingerprint density at radius 1 is 1.09 bits per heavy atom. The Morgan fingerprint density at radius 2 is 1.86 bits per heavy atom. The molecule has 0 aliphatic heterocycles. The molecule has 1 aliphatic rings. The van der Waals surface area contributed by atoms with Crippen LogP contribution in [0.4, 0.5) is 17.1 Å². The van der Waals surface area contributed by atoms with Crippen LogP contribution in [0.2, 0.25) is 0 Å². The zero-order chi connectivity index (χ0) is 30.8. The van der Waals surface area contributed by atoms with Crippen LogP contribution in [-0.4, -0.2) is 54.9 Å². The highest BCUT2D eigenvalue weighted by Crippen LogP contribution is 2.26. The van der Waals surface area contributed by atoms with Gasteiger partial charge >= 0.3 is 0 Å². The summed E-state index contributed by atoms with van der Waals surface area (Å²) in [7, 11) is 4.19. The first-order valence-electron chi connectivity index (χ1n) is 14.2. The van der Waals surface area contributed by atoms with E-state index in [4.69, 9.17) is 5.73 Å². The van der Waals surface area contributed by atoms with Crippen LogP contribution in [0, 0.1) is 4.91 Å². The molecule has 1 aromatic heterocycles. The number of carbonyl (C=O) groups is 1. The molecular formula is C32H39N8O2P. The predicted octanol–water partition coefficient (Wildman–Crippen LogP) is 4.53. The van der Waals surface area contributed by atoms with Gasteiger partial charge in [0, 0.05) is 49.3 Å². The number of nitrogens with zero attached hydrogens (tertiary/aromatic N) is 6. The minimum Gasteiger partial charge on any atom is -0.400 e. The van der Waals surface area contributed by atoms with E-state index in [1.807, 2.05) is 61.5 Å². The standard InChI is InChI=1S/C32H39N8O2P/c1-5-34-32(36-24-11-9-12-26(21-24)39(4)30(41)15-10-20-38(3)25-16-17-25)31(23(2)33)40(37-42)27-18-19-29(35-22-27)43-28-13-7-6-8-14-28/h6-15,18-19,21-22,25,43H,5,16-17,20,33H2,1-4H3,(H,34,36)/b15-10+,31-23-. The van der Waals surface area contributed by atoms with Crippen LogP contribution < -0.4 is 31.7 Å². The SMILES string of the molecule is CCN=C(Nc1cccc(N(C)C(=O)/C=C/CN(C)C2CC2)c1)/C(=C(\C)N)N(N=O)c1ccc(Pc2ccccc2)nc1. The van der Waals surface area contributed by atoms with E-state index in [2.05, 4.69) is 44.7 Å². The van der Waals surface area contributed by atoms with E-state index in [1.54, 1.807) is 37.2 Å². The highest BCUT2D eigenvalue weighted by molar-refractivity contribution is 7.55. The third-order valence-electron chi connectivity index (χ3n) is 6.90. The number of anilines is 3. The van der Waals surface area contributed by atoms with Crippen molar-refractivity contribution in [2.45, 2.75) is 32.7 Å². The summed E-state index contributed by atoms with van der Waals surface area (Å²) in [6, 6.07) is 21.8. The number of hydrogen-bond donors (Lipinski definition) is 2. The lowest BCUT2D eigenvalue weighted by Crippen LogP contribution is -2.31. The maximum Gasteiger partial charge on any atom is 0.250 e. The number of amides is 1. The van der Waals surface area contributed by atoms with Gasteiger partial charge in [-0.15, -0.1) is 4.91 Å². The van der Waals surface area contributed by atoms with Crippen molar-refractivity contribution in [3.8, 4) is 0 Å². The van der Waals surface area contributed by atoms with E-state index >= 15 is 0 Å². The number of nitrogens with one attached hydrogen (secondary N) is 1. The Kier molecular flexibility index (Phi) is 11.1. The molecule has 3 aromatic rings. The predicted molar refractivity (Wildman–Crippen MR) is 180 cm³/mol. The smallest absolute Gasteiger partial charge is 0.250 e. The van der Waals surface area contributed by atoms with Crippen LogP contribution in [0.25, 0.3) is 0 Å². The van der Waals surface area contributed by atoms with Crippen molar-refractivity contribution >= 4 is 48.1 Å². The second-order valence-electron chi connectivity index (χ2n) is 10.3. The molecule has 2 aromatic carbocycles. The zero-order valence-corrected chi connectivity index (χ0v) is 26.1. The normalized spacial score (nSPS) is 14.3. The molecule has 1 atom stereocenters. The van der Waals surface area contributed by atoms with E-state index < -0.39 is 0 Å². The molecule has 1 unspecified atom stereocenters. The third kappa shape index (κ3) is 8.80. The third-order valence-corrected chi connectivity index (χ3v) is 8.07. The summed E-state index contributed by atoms with van der Waals surface area (Å²) >= 11 is 0. The largest absolute Gasteiger partial charge is 0.400 e. The first-order valence-corrected chi connectivity index (χ1v) is 15.2. The van der Waals surface area contributed by atoms with Gasteiger partial charge in [0.1, 0.15) is 5.70 Å². The Morgan fingerprint density at radius 3 is 2.49 bits per heavy atom. The van der Waals surface area contributed by atoms with Crippen LogP contribution in [0.1, 0.15) is 26.7 Å². The van der Waals surface area contributed by atoms with Gasteiger partial charge in [-0.05, 0) is 78.0 Å². The number of aromatic nitrogens is 1. The molecule has 1 saturated carbocycles. The summed E-state index contributed by atoms with van der Waals surface area (Å²) in [5.41, 5.74) is 9.69. The zero-order valence-electron chi connectivity index (χ0n) is 25.1. The van der Waals surface area contributed by atoms with E-state index in [0.717, 1.165) is 12.0 Å². The van der Waals surface area contributed by atoms with Crippen molar-refractivity contribution in [2.75, 3.05) is 42.4 Å². The van der Waals surface area contributed by atoms with Crippen molar-refractivity contribution in [3.63, 3.8) is 0 Å². The first-order chi connectivity index (χ1) is 20.8. The molecule has 10 nitrogen and oxygen atoms in total. The summed E-state index contributed by atoms with van der Waals surface area (Å²) in [5.74, 6) is 0.244. The van der Waals surface area contributed by atoms with Crippen molar-refractivity contribution < 1.29 is 4.79 Å². The molecule has 0 bridgehead atoms. The number of pyridine rings is 1. The van der Waals surface area contributed by atoms with Gasteiger partial charge in [-0.2, -0.15) is 5.01 Å². The van der Waals surface area contributed by atoms with Gasteiger partial charge in [0.25, 0.3) is 0 Å². The molecule has 1 fully saturated rings. The minimum absolute atomic E-state index is 0.123. The average Bonchev–Trinajstić information content (AvgIpc) is 3.86. The van der Waals surface area contributed by atoms with Gasteiger partial charge in [-0.1, -0.05) is 42.5 Å². The quantitative estimate of drug-likeness (QED) is 0.0741. The lowest BCUT2D eigenvalue weighted by atomic mass is 10.2. The molecule has 1 amide bonds. The summed E-state index contributed by atoms with van der Waals surface area (Å²) in [6.07, 6.45) is 7.56. The second kappa shape index (κ2) is 15.2. The second-order valence-corrected chi connectivity index (χ2v) is 11.6. The van der Waals surface area contributed by atoms with E-state index in [1.165, 1.54) is 23.2 Å². The highest BCUT2D eigenvalue weighted by atomic mass is 31.1. The molecule has 43 heavy (non-hydrogen) atoms. The average molecular weight is 599 g/mol. The van der Waals surface area contributed by atoms with E-state index in [9.17, 15) is 9.70 Å². The maximum absolute atomic E-state index is 12.8. The molecule has 0 radical (unpaired) electrons. The Bertz CT molecular complexity index is 1480. The van der Waals surface area contributed by atoms with Crippen molar-refractivity contribution in [1.82, 2.24) is 9.88 Å². The fraction of sp³-hybridized carbons (Fsp3) is 0.281. The lowest BCUT2D eigenvalue weighted by molar-refractivity contribution is -0.113. The minimum atomic E-state index is -0.123. The molecule has 1 aliphatic carbocycles. The number of rotatable bonds is 13. The van der Waals surface area contributed by atoms with Gasteiger partial charge < -0.3 is 16.0 Å². The first kappa shape index (κ1) is 31.5. The fourth-order valence-corrected chi connectivity index (χ4v) is 5.36. The van der Waals surface area contributed by atoms with Gasteiger partial charge in [0.2, 0.25) is 5.91 Å². The van der Waals surface area contributed by atoms with Crippen molar-refractivity contribution in [3.05, 3.63) is 101 Å². The number of likely N-dealkylation sites (N-methyl/N-ethyl adjacent to an activating group) is 2. The van der Waals surface area contributed by atoms with Crippen LogP contribution in [0.3, 0.4) is 0 Å². The monoisotopic (exact) mass is 598 g/mol. The van der Waals surface area contributed by atoms with Crippen LogP contribution in [0.5, 0.6) is 0 Å². The molecule has 11 heteroatoms. The van der Waals surface area contributed by atoms with Gasteiger partial charge in [0.05, 0.1) is 22.6 Å². The van der Waals surface area contributed by atoms with Crippen molar-refractivity contribution in [2.24, 2.45) is 16.0 Å². The lowest BCUT2D eigenvalue weighted by Gasteiger charge is -2.23. The number of amidine groups is 1. The molecular weight excluding hydrogens is 559 g/mol. The van der Waals surface area contributed by atoms with Crippen LogP contribution in [0.15, 0.2) is 107 Å². The van der Waals surface area contributed by atoms with Crippen LogP contribution in [-0.2, 0) is 4.79 Å². The number of hydrogen-bond acceptors (Lipinski definition) is 7. The van der Waals surface area contributed by atoms with Gasteiger partial charge in [0.15, 0.2) is 5.84 Å². The number of benzene rings is 2. The molecule has 1 heterocycles. The van der Waals surface area contributed by atoms with Crippen molar-refractivity contribution in [1.29, 1.82) is 0 Å². The van der Waals surface area contributed by atoms with E-state index in [-0.39, 0.29) is 5.91 Å². The fourth-order valence-electron chi connectivity index (χ4n) is 4.41. The topological polar surface area (TPSA) is 120 Å². The number of aliphatic imine (C=N–C) groups is 1. The molecule has 0 saturated heterocycles. The van der Waals surface area contributed by atoms with E-state index in [0.29, 0.717) is 55.5 Å². The van der Waals surface area contributed by atoms with Gasteiger partial charge in [-0.25, -0.2) is 0 Å². The number of nitroso groups, excluding NO2 is 1. The molecule has 3 N–H and O–H groups in total.